The van der Waals surface area contributed by atoms with Crippen LogP contribution in [0.5, 0.6) is 0 Å². The third kappa shape index (κ3) is 3.29. The Labute approximate surface area is 108 Å². The summed E-state index contributed by atoms with van der Waals surface area (Å²) in [6, 6.07) is 0. The molecule has 0 amide bonds. The van der Waals surface area contributed by atoms with Gasteiger partial charge in [0.15, 0.2) is 0 Å². The zero-order valence-electron chi connectivity index (χ0n) is 11.3. The molecule has 1 N–H and O–H groups in total. The number of rotatable bonds is 7. The Bertz CT molecular complexity index is 374. The molecule has 18 heavy (non-hydrogen) atoms. The highest BCUT2D eigenvalue weighted by molar-refractivity contribution is 4.95. The van der Waals surface area contributed by atoms with E-state index >= 15 is 0 Å². The molecule has 0 aliphatic heterocycles. The maximum atomic E-state index is 9.84. The van der Waals surface area contributed by atoms with Crippen molar-refractivity contribution in [3.05, 3.63) is 11.7 Å². The summed E-state index contributed by atoms with van der Waals surface area (Å²) in [5.74, 6) is 1.82. The van der Waals surface area contributed by atoms with Crippen molar-refractivity contribution in [3.8, 4) is 0 Å². The van der Waals surface area contributed by atoms with Gasteiger partial charge in [-0.25, -0.2) is 0 Å². The Hall–Kier alpha value is -0.940. The lowest BCUT2D eigenvalue weighted by Crippen LogP contribution is -2.14. The van der Waals surface area contributed by atoms with Gasteiger partial charge in [-0.3, -0.25) is 0 Å². The van der Waals surface area contributed by atoms with Crippen LogP contribution in [-0.4, -0.2) is 28.0 Å². The van der Waals surface area contributed by atoms with Gasteiger partial charge >= 0.3 is 0 Å². The SMILES string of the molecule is CCOC(c1noc(CC(O)C2CC2)n1)C(C)C. The number of aromatic nitrogens is 2. The van der Waals surface area contributed by atoms with Crippen molar-refractivity contribution in [2.75, 3.05) is 6.61 Å². The summed E-state index contributed by atoms with van der Waals surface area (Å²) in [5.41, 5.74) is 0. The fourth-order valence-electron chi connectivity index (χ4n) is 2.04. The minimum Gasteiger partial charge on any atom is -0.392 e. The molecule has 1 fully saturated rings. The molecule has 1 aliphatic carbocycles. The van der Waals surface area contributed by atoms with Crippen molar-refractivity contribution in [1.82, 2.24) is 10.1 Å². The summed E-state index contributed by atoms with van der Waals surface area (Å²) in [6.07, 6.45) is 2.19. The Kier molecular flexibility index (Phi) is 4.35. The monoisotopic (exact) mass is 254 g/mol. The third-order valence-electron chi connectivity index (χ3n) is 3.24. The van der Waals surface area contributed by atoms with Crippen molar-refractivity contribution in [2.24, 2.45) is 11.8 Å². The first-order chi connectivity index (χ1) is 8.61. The van der Waals surface area contributed by atoms with Gasteiger partial charge in [-0.1, -0.05) is 19.0 Å². The first-order valence-electron chi connectivity index (χ1n) is 6.74. The Morgan fingerprint density at radius 2 is 2.17 bits per heavy atom. The predicted octanol–water partition coefficient (Wildman–Crippen LogP) is 2.12. The van der Waals surface area contributed by atoms with E-state index in [9.17, 15) is 5.11 Å². The van der Waals surface area contributed by atoms with E-state index in [0.717, 1.165) is 12.8 Å². The minimum atomic E-state index is -0.345. The molecule has 1 saturated carbocycles. The number of hydrogen-bond acceptors (Lipinski definition) is 5. The summed E-state index contributed by atoms with van der Waals surface area (Å²) in [7, 11) is 0. The summed E-state index contributed by atoms with van der Waals surface area (Å²) in [6.45, 7) is 6.70. The number of ether oxygens (including phenoxy) is 1. The molecule has 0 aromatic carbocycles. The zero-order valence-corrected chi connectivity index (χ0v) is 11.3. The van der Waals surface area contributed by atoms with Crippen LogP contribution in [0.3, 0.4) is 0 Å². The van der Waals surface area contributed by atoms with Gasteiger partial charge in [-0.15, -0.1) is 0 Å². The van der Waals surface area contributed by atoms with E-state index < -0.39 is 0 Å². The second kappa shape index (κ2) is 5.80. The summed E-state index contributed by atoms with van der Waals surface area (Å²) >= 11 is 0. The van der Waals surface area contributed by atoms with Crippen molar-refractivity contribution in [1.29, 1.82) is 0 Å². The highest BCUT2D eigenvalue weighted by atomic mass is 16.5. The lowest BCUT2D eigenvalue weighted by Gasteiger charge is -2.16. The molecule has 5 nitrogen and oxygen atoms in total. The normalized spacial score (nSPS) is 19.2. The smallest absolute Gasteiger partial charge is 0.229 e. The maximum absolute atomic E-state index is 9.84. The van der Waals surface area contributed by atoms with Gasteiger partial charge in [0.05, 0.1) is 12.5 Å². The van der Waals surface area contributed by atoms with Crippen molar-refractivity contribution in [2.45, 2.75) is 52.2 Å². The van der Waals surface area contributed by atoms with Gasteiger partial charge in [0.2, 0.25) is 11.7 Å². The van der Waals surface area contributed by atoms with E-state index in [0.29, 0.717) is 36.6 Å². The lowest BCUT2D eigenvalue weighted by molar-refractivity contribution is 0.0217. The quantitative estimate of drug-likeness (QED) is 0.807. The fourth-order valence-corrected chi connectivity index (χ4v) is 2.04. The van der Waals surface area contributed by atoms with Gasteiger partial charge in [-0.05, 0) is 31.6 Å². The molecule has 0 radical (unpaired) electrons. The van der Waals surface area contributed by atoms with Crippen LogP contribution in [-0.2, 0) is 11.2 Å². The van der Waals surface area contributed by atoms with E-state index in [1.807, 2.05) is 6.92 Å². The van der Waals surface area contributed by atoms with Gasteiger partial charge in [0.1, 0.15) is 6.10 Å². The van der Waals surface area contributed by atoms with Crippen LogP contribution >= 0.6 is 0 Å². The van der Waals surface area contributed by atoms with Crippen LogP contribution in [0.2, 0.25) is 0 Å². The van der Waals surface area contributed by atoms with Gasteiger partial charge < -0.3 is 14.4 Å². The Morgan fingerprint density at radius 1 is 1.44 bits per heavy atom. The van der Waals surface area contributed by atoms with E-state index in [4.69, 9.17) is 9.26 Å². The predicted molar refractivity (Wildman–Crippen MR) is 65.9 cm³/mol. The second-order valence-corrected chi connectivity index (χ2v) is 5.28. The molecule has 1 heterocycles. The van der Waals surface area contributed by atoms with Gasteiger partial charge in [0.25, 0.3) is 0 Å². The molecule has 2 rings (SSSR count). The molecular formula is C13H22N2O3. The molecule has 1 aliphatic rings. The van der Waals surface area contributed by atoms with E-state index in [-0.39, 0.29) is 12.2 Å². The van der Waals surface area contributed by atoms with Crippen LogP contribution in [0.15, 0.2) is 4.52 Å². The molecule has 0 bridgehead atoms. The molecular weight excluding hydrogens is 232 g/mol. The molecule has 0 spiro atoms. The fraction of sp³-hybridized carbons (Fsp3) is 0.846. The first-order valence-corrected chi connectivity index (χ1v) is 6.74. The van der Waals surface area contributed by atoms with Crippen LogP contribution in [0.4, 0.5) is 0 Å². The van der Waals surface area contributed by atoms with E-state index in [1.165, 1.54) is 0 Å². The van der Waals surface area contributed by atoms with E-state index in [2.05, 4.69) is 24.0 Å². The van der Waals surface area contributed by atoms with Crippen molar-refractivity contribution in [3.63, 3.8) is 0 Å². The Morgan fingerprint density at radius 3 is 2.72 bits per heavy atom. The van der Waals surface area contributed by atoms with Crippen LogP contribution in [0.25, 0.3) is 0 Å². The van der Waals surface area contributed by atoms with Gasteiger partial charge in [0, 0.05) is 6.61 Å². The topological polar surface area (TPSA) is 68.4 Å². The molecule has 102 valence electrons. The highest BCUT2D eigenvalue weighted by Gasteiger charge is 2.31. The van der Waals surface area contributed by atoms with Crippen LogP contribution in [0.1, 0.15) is 51.4 Å². The average Bonchev–Trinajstić information content (AvgIpc) is 3.08. The van der Waals surface area contributed by atoms with Crippen molar-refractivity contribution >= 4 is 0 Å². The minimum absolute atomic E-state index is 0.134. The lowest BCUT2D eigenvalue weighted by atomic mass is 10.1. The molecule has 1 aromatic heterocycles. The van der Waals surface area contributed by atoms with Crippen LogP contribution in [0, 0.1) is 11.8 Å². The maximum Gasteiger partial charge on any atom is 0.229 e. The third-order valence-corrected chi connectivity index (χ3v) is 3.24. The van der Waals surface area contributed by atoms with E-state index in [1.54, 1.807) is 0 Å². The molecule has 0 saturated heterocycles. The van der Waals surface area contributed by atoms with Crippen molar-refractivity contribution < 1.29 is 14.4 Å². The second-order valence-electron chi connectivity index (χ2n) is 5.28. The van der Waals surface area contributed by atoms with Gasteiger partial charge in [-0.2, -0.15) is 4.98 Å². The summed E-state index contributed by atoms with van der Waals surface area (Å²) in [5, 5.41) is 13.8. The first kappa shape index (κ1) is 13.5. The zero-order chi connectivity index (χ0) is 13.1. The number of aliphatic hydroxyl groups excluding tert-OH is 1. The average molecular weight is 254 g/mol. The number of hydrogen-bond donors (Lipinski definition) is 1. The molecule has 2 atom stereocenters. The standard InChI is InChI=1S/C13H22N2O3/c1-4-17-12(8(2)3)13-14-11(18-15-13)7-10(16)9-5-6-9/h8-10,12,16H,4-7H2,1-3H3. The highest BCUT2D eigenvalue weighted by Crippen LogP contribution is 2.34. The van der Waals surface area contributed by atoms with Crippen LogP contribution < -0.4 is 0 Å². The number of nitrogens with zero attached hydrogens (tertiary/aromatic N) is 2. The summed E-state index contributed by atoms with van der Waals surface area (Å²) < 4.78 is 10.8. The Balaban J connectivity index is 1.98. The molecule has 1 aromatic rings. The molecule has 2 unspecified atom stereocenters. The number of aliphatic hydroxyl groups is 1. The molecule has 5 heteroatoms. The largest absolute Gasteiger partial charge is 0.392 e. The summed E-state index contributed by atoms with van der Waals surface area (Å²) in [4.78, 5) is 4.34.